The molecule has 1 aromatic carbocycles. The molecule has 32 heavy (non-hydrogen) atoms. The van der Waals surface area contributed by atoms with Gasteiger partial charge in [0.1, 0.15) is 0 Å². The fraction of sp³-hybridized carbons (Fsp3) is 0.680. The number of carbonyl (C=O) groups is 1. The van der Waals surface area contributed by atoms with Gasteiger partial charge in [0.15, 0.2) is 5.96 Å². The van der Waals surface area contributed by atoms with Gasteiger partial charge in [-0.3, -0.25) is 4.99 Å². The van der Waals surface area contributed by atoms with E-state index in [1.807, 2.05) is 6.92 Å². The third kappa shape index (κ3) is 8.34. The van der Waals surface area contributed by atoms with Crippen molar-refractivity contribution >= 4 is 12.1 Å². The maximum atomic E-state index is 11.8. The van der Waals surface area contributed by atoms with E-state index in [-0.39, 0.29) is 12.1 Å². The van der Waals surface area contributed by atoms with E-state index >= 15 is 0 Å². The van der Waals surface area contributed by atoms with Gasteiger partial charge in [0.05, 0.1) is 6.61 Å². The number of ether oxygens (including phenoxy) is 1. The minimum atomic E-state index is -0.215. The van der Waals surface area contributed by atoms with Crippen LogP contribution in [0, 0.1) is 5.92 Å². The smallest absolute Gasteiger partial charge is 0.409 e. The van der Waals surface area contributed by atoms with Crippen LogP contribution < -0.4 is 11.1 Å². The summed E-state index contributed by atoms with van der Waals surface area (Å²) in [6, 6.07) is 11.2. The number of amides is 1. The molecular weight excluding hydrogens is 402 g/mol. The summed E-state index contributed by atoms with van der Waals surface area (Å²) in [5.74, 6) is 1.36. The SMILES string of the molecule is CCOC(=O)N1CCC(NC(N)=NCCCCN2CCC(Cc3ccccc3)CC2)CC1. The second-order valence-electron chi connectivity index (χ2n) is 9.05. The molecule has 0 aliphatic carbocycles. The molecule has 0 atom stereocenters. The first-order valence-electron chi connectivity index (χ1n) is 12.4. The maximum Gasteiger partial charge on any atom is 0.409 e. The van der Waals surface area contributed by atoms with Gasteiger partial charge >= 0.3 is 6.09 Å². The second kappa shape index (κ2) is 13.3. The summed E-state index contributed by atoms with van der Waals surface area (Å²) < 4.78 is 5.06. The molecule has 0 saturated carbocycles. The number of rotatable bonds is 9. The van der Waals surface area contributed by atoms with Gasteiger partial charge < -0.3 is 25.6 Å². The average Bonchev–Trinajstić information content (AvgIpc) is 2.81. The van der Waals surface area contributed by atoms with E-state index in [0.717, 1.165) is 44.7 Å². The molecular formula is C25H41N5O2. The number of likely N-dealkylation sites (tertiary alicyclic amines) is 2. The number of carbonyl (C=O) groups excluding carboxylic acids is 1. The summed E-state index contributed by atoms with van der Waals surface area (Å²) >= 11 is 0. The summed E-state index contributed by atoms with van der Waals surface area (Å²) in [5, 5.41) is 3.31. The van der Waals surface area contributed by atoms with Gasteiger partial charge in [-0.15, -0.1) is 0 Å². The molecule has 2 aliphatic rings. The number of guanidine groups is 1. The molecule has 2 aliphatic heterocycles. The van der Waals surface area contributed by atoms with Crippen molar-refractivity contribution in [3.05, 3.63) is 35.9 Å². The Bertz CT molecular complexity index is 696. The number of nitrogens with two attached hydrogens (primary N) is 1. The third-order valence-electron chi connectivity index (χ3n) is 6.61. The first-order chi connectivity index (χ1) is 15.6. The largest absolute Gasteiger partial charge is 0.450 e. The Morgan fingerprint density at radius 3 is 2.50 bits per heavy atom. The molecule has 2 fully saturated rings. The molecule has 0 bridgehead atoms. The van der Waals surface area contributed by atoms with Crippen LogP contribution in [-0.4, -0.2) is 73.8 Å². The van der Waals surface area contributed by atoms with Crippen molar-refractivity contribution < 1.29 is 9.53 Å². The van der Waals surface area contributed by atoms with Gasteiger partial charge in [0, 0.05) is 25.7 Å². The van der Waals surface area contributed by atoms with Gasteiger partial charge in [-0.2, -0.15) is 0 Å². The topological polar surface area (TPSA) is 83.2 Å². The fourth-order valence-corrected chi connectivity index (χ4v) is 4.68. The standard InChI is InChI=1S/C25H41N5O2/c1-2-32-25(31)30-18-12-23(13-19-30)28-24(26)27-14-6-7-15-29-16-10-22(11-17-29)20-21-8-4-3-5-9-21/h3-5,8-9,22-23H,2,6-7,10-20H2,1H3,(H3,26,27,28). The number of nitrogens with one attached hydrogen (secondary N) is 1. The molecule has 2 saturated heterocycles. The number of nitrogens with zero attached hydrogens (tertiary/aromatic N) is 3. The summed E-state index contributed by atoms with van der Waals surface area (Å²) in [7, 11) is 0. The van der Waals surface area contributed by atoms with Crippen molar-refractivity contribution in [1.82, 2.24) is 15.1 Å². The molecule has 0 unspecified atom stereocenters. The molecule has 3 N–H and O–H groups in total. The Hall–Kier alpha value is -2.28. The molecule has 3 rings (SSSR count). The number of hydrogen-bond acceptors (Lipinski definition) is 4. The monoisotopic (exact) mass is 443 g/mol. The third-order valence-corrected chi connectivity index (χ3v) is 6.61. The van der Waals surface area contributed by atoms with Crippen LogP contribution in [0.4, 0.5) is 4.79 Å². The molecule has 178 valence electrons. The number of benzene rings is 1. The number of hydrogen-bond donors (Lipinski definition) is 2. The summed E-state index contributed by atoms with van der Waals surface area (Å²) in [6.45, 7) is 8.02. The first-order valence-corrected chi connectivity index (χ1v) is 12.4. The van der Waals surface area contributed by atoms with Crippen molar-refractivity contribution in [3.8, 4) is 0 Å². The zero-order chi connectivity index (χ0) is 22.6. The van der Waals surface area contributed by atoms with E-state index in [4.69, 9.17) is 10.5 Å². The predicted octanol–water partition coefficient (Wildman–Crippen LogP) is 3.25. The van der Waals surface area contributed by atoms with Crippen molar-refractivity contribution in [3.63, 3.8) is 0 Å². The lowest BCUT2D eigenvalue weighted by Gasteiger charge is -2.32. The summed E-state index contributed by atoms with van der Waals surface area (Å²) in [5.41, 5.74) is 7.55. The van der Waals surface area contributed by atoms with E-state index in [9.17, 15) is 4.79 Å². The van der Waals surface area contributed by atoms with E-state index in [2.05, 4.69) is 45.5 Å². The molecule has 1 aromatic rings. The summed E-state index contributed by atoms with van der Waals surface area (Å²) in [4.78, 5) is 20.6. The number of unbranched alkanes of at least 4 members (excludes halogenated alkanes) is 1. The lowest BCUT2D eigenvalue weighted by molar-refractivity contribution is 0.0963. The van der Waals surface area contributed by atoms with Gasteiger partial charge in [0.2, 0.25) is 0 Å². The first kappa shape index (κ1) is 24.4. The lowest BCUT2D eigenvalue weighted by Crippen LogP contribution is -2.48. The normalized spacial score (nSPS) is 19.2. The predicted molar refractivity (Wildman–Crippen MR) is 130 cm³/mol. The highest BCUT2D eigenvalue weighted by molar-refractivity contribution is 5.78. The molecule has 0 spiro atoms. The second-order valence-corrected chi connectivity index (χ2v) is 9.05. The number of aliphatic imine (C=N–C) groups is 1. The van der Waals surface area contributed by atoms with Crippen molar-refractivity contribution in [2.75, 3.05) is 45.9 Å². The lowest BCUT2D eigenvalue weighted by atomic mass is 9.90. The average molecular weight is 444 g/mol. The minimum absolute atomic E-state index is 0.215. The van der Waals surface area contributed by atoms with Crippen molar-refractivity contribution in [1.29, 1.82) is 0 Å². The van der Waals surface area contributed by atoms with E-state index in [1.54, 1.807) is 4.90 Å². The zero-order valence-corrected chi connectivity index (χ0v) is 19.7. The van der Waals surface area contributed by atoms with Gasteiger partial charge in [-0.1, -0.05) is 30.3 Å². The Labute approximate surface area is 193 Å². The maximum absolute atomic E-state index is 11.8. The highest BCUT2D eigenvalue weighted by Gasteiger charge is 2.23. The quantitative estimate of drug-likeness (QED) is 0.348. The highest BCUT2D eigenvalue weighted by atomic mass is 16.6. The van der Waals surface area contributed by atoms with Crippen LogP contribution in [0.2, 0.25) is 0 Å². The van der Waals surface area contributed by atoms with Crippen LogP contribution in [-0.2, 0) is 11.2 Å². The van der Waals surface area contributed by atoms with Gasteiger partial charge in [0.25, 0.3) is 0 Å². The summed E-state index contributed by atoms with van der Waals surface area (Å²) in [6.07, 6.45) is 7.58. The van der Waals surface area contributed by atoms with E-state index in [0.29, 0.717) is 25.7 Å². The van der Waals surface area contributed by atoms with E-state index < -0.39 is 0 Å². The van der Waals surface area contributed by atoms with Gasteiger partial charge in [-0.05, 0) is 83.0 Å². The van der Waals surface area contributed by atoms with Crippen LogP contribution in [0.25, 0.3) is 0 Å². The van der Waals surface area contributed by atoms with Crippen molar-refractivity contribution in [2.24, 2.45) is 16.6 Å². The van der Waals surface area contributed by atoms with Gasteiger partial charge in [-0.25, -0.2) is 4.79 Å². The Kier molecular flexibility index (Phi) is 10.1. The molecule has 7 nitrogen and oxygen atoms in total. The molecule has 7 heteroatoms. The molecule has 0 aromatic heterocycles. The Balaban J connectivity index is 1.22. The fourth-order valence-electron chi connectivity index (χ4n) is 4.68. The molecule has 0 radical (unpaired) electrons. The highest BCUT2D eigenvalue weighted by Crippen LogP contribution is 2.21. The Morgan fingerprint density at radius 1 is 1.09 bits per heavy atom. The molecule has 1 amide bonds. The van der Waals surface area contributed by atoms with Crippen molar-refractivity contribution in [2.45, 2.75) is 57.9 Å². The zero-order valence-electron chi connectivity index (χ0n) is 19.7. The van der Waals surface area contributed by atoms with Crippen LogP contribution in [0.15, 0.2) is 35.3 Å². The molecule has 2 heterocycles. The van der Waals surface area contributed by atoms with Crippen LogP contribution in [0.3, 0.4) is 0 Å². The number of piperidine rings is 2. The van der Waals surface area contributed by atoms with Crippen LogP contribution in [0.5, 0.6) is 0 Å². The minimum Gasteiger partial charge on any atom is -0.450 e. The van der Waals surface area contributed by atoms with Crippen LogP contribution >= 0.6 is 0 Å². The Morgan fingerprint density at radius 2 is 1.81 bits per heavy atom. The van der Waals surface area contributed by atoms with E-state index in [1.165, 1.54) is 37.9 Å². The van der Waals surface area contributed by atoms with Crippen LogP contribution in [0.1, 0.15) is 51.0 Å².